The van der Waals surface area contributed by atoms with E-state index in [2.05, 4.69) is 15.5 Å². The summed E-state index contributed by atoms with van der Waals surface area (Å²) in [7, 11) is 0. The molecule has 2 rings (SSSR count). The van der Waals surface area contributed by atoms with Crippen LogP contribution < -0.4 is 5.32 Å². The molecule has 1 aromatic heterocycles. The van der Waals surface area contributed by atoms with Gasteiger partial charge in [0.2, 0.25) is 0 Å². The Kier molecular flexibility index (Phi) is 4.20. The minimum Gasteiger partial charge on any atom is -0.389 e. The number of anilines is 1. The van der Waals surface area contributed by atoms with Crippen molar-refractivity contribution < 1.29 is 9.90 Å². The topological polar surface area (TPSA) is 78.0 Å². The minimum absolute atomic E-state index is 0.286. The fourth-order valence-electron chi connectivity index (χ4n) is 1.91. The van der Waals surface area contributed by atoms with Crippen LogP contribution in [-0.2, 0) is 0 Å². The molecule has 0 aliphatic rings. The van der Waals surface area contributed by atoms with Gasteiger partial charge in [-0.1, -0.05) is 32.0 Å². The summed E-state index contributed by atoms with van der Waals surface area (Å²) in [5.74, 6) is -0.00458. The highest BCUT2D eigenvalue weighted by Crippen LogP contribution is 2.23. The summed E-state index contributed by atoms with van der Waals surface area (Å²) in [6.07, 6.45) is -0.642. The average Bonchev–Trinajstić information content (AvgIpc) is 2.89. The highest BCUT2D eigenvalue weighted by molar-refractivity contribution is 6.03. The van der Waals surface area contributed by atoms with Crippen molar-refractivity contribution in [1.29, 1.82) is 0 Å². The van der Waals surface area contributed by atoms with Gasteiger partial charge in [0.05, 0.1) is 6.10 Å². The lowest BCUT2D eigenvalue weighted by molar-refractivity contribution is 0.102. The van der Waals surface area contributed by atoms with Gasteiger partial charge in [0.25, 0.3) is 5.91 Å². The van der Waals surface area contributed by atoms with E-state index in [1.807, 2.05) is 26.0 Å². The van der Waals surface area contributed by atoms with Crippen molar-refractivity contribution in [3.8, 4) is 0 Å². The number of hydrogen-bond donors (Lipinski definition) is 3. The van der Waals surface area contributed by atoms with Gasteiger partial charge in [0.15, 0.2) is 5.69 Å². The summed E-state index contributed by atoms with van der Waals surface area (Å²) >= 11 is 0. The molecule has 0 aliphatic heterocycles. The predicted molar refractivity (Wildman–Crippen MR) is 77.7 cm³/mol. The first-order valence-corrected chi connectivity index (χ1v) is 6.62. The van der Waals surface area contributed by atoms with Crippen LogP contribution in [-0.4, -0.2) is 21.2 Å². The molecule has 0 bridgehead atoms. The maximum atomic E-state index is 12.1. The SMILES string of the molecule is CC(C)c1cc(C(=O)Nc2ccccc2C(C)O)n[nH]1. The molecule has 0 saturated heterocycles. The van der Waals surface area contributed by atoms with Crippen LogP contribution in [0.1, 0.15) is 54.5 Å². The number of rotatable bonds is 4. The van der Waals surface area contributed by atoms with Crippen molar-refractivity contribution >= 4 is 11.6 Å². The van der Waals surface area contributed by atoms with Crippen LogP contribution in [0.4, 0.5) is 5.69 Å². The predicted octanol–water partition coefficient (Wildman–Crippen LogP) is 2.84. The van der Waals surface area contributed by atoms with Crippen molar-refractivity contribution in [3.63, 3.8) is 0 Å². The zero-order chi connectivity index (χ0) is 14.7. The molecule has 5 nitrogen and oxygen atoms in total. The largest absolute Gasteiger partial charge is 0.389 e. The van der Waals surface area contributed by atoms with Gasteiger partial charge < -0.3 is 10.4 Å². The van der Waals surface area contributed by atoms with E-state index >= 15 is 0 Å². The quantitative estimate of drug-likeness (QED) is 0.801. The number of H-pyrrole nitrogens is 1. The third kappa shape index (κ3) is 3.05. The summed E-state index contributed by atoms with van der Waals surface area (Å²) in [5, 5.41) is 19.3. The fraction of sp³-hybridized carbons (Fsp3) is 0.333. The Labute approximate surface area is 118 Å². The average molecular weight is 273 g/mol. The summed E-state index contributed by atoms with van der Waals surface area (Å²) in [6, 6.07) is 8.92. The number of carbonyl (C=O) groups is 1. The Morgan fingerprint density at radius 3 is 2.60 bits per heavy atom. The first kappa shape index (κ1) is 14.3. The molecule has 106 valence electrons. The standard InChI is InChI=1S/C15H19N3O2/c1-9(2)13-8-14(18-17-13)15(20)16-12-7-5-4-6-11(12)10(3)19/h4-10,19H,1-3H3,(H,16,20)(H,17,18). The van der Waals surface area contributed by atoms with Crippen molar-refractivity contribution in [1.82, 2.24) is 10.2 Å². The highest BCUT2D eigenvalue weighted by Gasteiger charge is 2.15. The van der Waals surface area contributed by atoms with Gasteiger partial charge in [-0.2, -0.15) is 5.10 Å². The molecule has 0 radical (unpaired) electrons. The number of aromatic amines is 1. The van der Waals surface area contributed by atoms with Crippen LogP contribution in [0.2, 0.25) is 0 Å². The van der Waals surface area contributed by atoms with Crippen molar-refractivity contribution in [2.45, 2.75) is 32.8 Å². The lowest BCUT2D eigenvalue weighted by Gasteiger charge is -2.12. The molecule has 20 heavy (non-hydrogen) atoms. The number of para-hydroxylation sites is 1. The number of carbonyl (C=O) groups excluding carboxylic acids is 1. The lowest BCUT2D eigenvalue weighted by atomic mass is 10.1. The third-order valence-corrected chi connectivity index (χ3v) is 3.11. The molecule has 0 aliphatic carbocycles. The van der Waals surface area contributed by atoms with Gasteiger partial charge in [-0.05, 0) is 25.0 Å². The second-order valence-corrected chi connectivity index (χ2v) is 5.08. The van der Waals surface area contributed by atoms with Crippen LogP contribution in [0, 0.1) is 0 Å². The van der Waals surface area contributed by atoms with E-state index in [0.717, 1.165) is 5.69 Å². The normalized spacial score (nSPS) is 12.4. The number of nitrogens with one attached hydrogen (secondary N) is 2. The molecule has 2 aromatic rings. The molecule has 1 aromatic carbocycles. The molecule has 0 spiro atoms. The van der Waals surface area contributed by atoms with Crippen molar-refractivity contribution in [2.75, 3.05) is 5.32 Å². The first-order valence-electron chi connectivity index (χ1n) is 6.62. The van der Waals surface area contributed by atoms with Gasteiger partial charge in [0, 0.05) is 16.9 Å². The number of aliphatic hydroxyl groups excluding tert-OH is 1. The molecule has 5 heteroatoms. The van der Waals surface area contributed by atoms with Crippen LogP contribution in [0.5, 0.6) is 0 Å². The van der Waals surface area contributed by atoms with E-state index in [1.54, 1.807) is 25.1 Å². The Morgan fingerprint density at radius 1 is 1.30 bits per heavy atom. The Hall–Kier alpha value is -2.14. The molecule has 1 unspecified atom stereocenters. The summed E-state index contributed by atoms with van der Waals surface area (Å²) in [5.41, 5.74) is 2.54. The summed E-state index contributed by atoms with van der Waals surface area (Å²) < 4.78 is 0. The number of aromatic nitrogens is 2. The van der Waals surface area contributed by atoms with Crippen molar-refractivity contribution in [3.05, 3.63) is 47.3 Å². The lowest BCUT2D eigenvalue weighted by Crippen LogP contribution is -2.14. The number of benzene rings is 1. The minimum atomic E-state index is -0.642. The molecule has 1 amide bonds. The van der Waals surface area contributed by atoms with E-state index in [1.165, 1.54) is 0 Å². The van der Waals surface area contributed by atoms with Gasteiger partial charge in [-0.15, -0.1) is 0 Å². The van der Waals surface area contributed by atoms with Gasteiger partial charge in [0.1, 0.15) is 0 Å². The highest BCUT2D eigenvalue weighted by atomic mass is 16.3. The van der Waals surface area contributed by atoms with Crippen LogP contribution in [0.25, 0.3) is 0 Å². The second-order valence-electron chi connectivity index (χ2n) is 5.08. The number of amides is 1. The monoisotopic (exact) mass is 273 g/mol. The van der Waals surface area contributed by atoms with E-state index < -0.39 is 6.10 Å². The third-order valence-electron chi connectivity index (χ3n) is 3.11. The molecule has 0 fully saturated rings. The summed E-state index contributed by atoms with van der Waals surface area (Å²) in [4.78, 5) is 12.1. The molecular weight excluding hydrogens is 254 g/mol. The fourth-order valence-corrected chi connectivity index (χ4v) is 1.91. The molecule has 1 atom stereocenters. The smallest absolute Gasteiger partial charge is 0.276 e. The van der Waals surface area contributed by atoms with Crippen LogP contribution >= 0.6 is 0 Å². The van der Waals surface area contributed by atoms with Crippen molar-refractivity contribution in [2.24, 2.45) is 0 Å². The van der Waals surface area contributed by atoms with E-state index in [0.29, 0.717) is 16.9 Å². The Morgan fingerprint density at radius 2 is 2.00 bits per heavy atom. The maximum absolute atomic E-state index is 12.1. The van der Waals surface area contributed by atoms with Crippen LogP contribution in [0.15, 0.2) is 30.3 Å². The molecule has 3 N–H and O–H groups in total. The number of nitrogens with zero attached hydrogens (tertiary/aromatic N) is 1. The Bertz CT molecular complexity index is 603. The zero-order valence-corrected chi connectivity index (χ0v) is 11.8. The first-order chi connectivity index (χ1) is 9.49. The Balaban J connectivity index is 2.19. The molecule has 1 heterocycles. The zero-order valence-electron chi connectivity index (χ0n) is 11.8. The van der Waals surface area contributed by atoms with E-state index in [-0.39, 0.29) is 11.8 Å². The van der Waals surface area contributed by atoms with Gasteiger partial charge >= 0.3 is 0 Å². The maximum Gasteiger partial charge on any atom is 0.276 e. The van der Waals surface area contributed by atoms with E-state index in [4.69, 9.17) is 0 Å². The molecular formula is C15H19N3O2. The molecule has 0 saturated carbocycles. The van der Waals surface area contributed by atoms with Gasteiger partial charge in [-0.3, -0.25) is 9.89 Å². The number of aliphatic hydroxyl groups is 1. The van der Waals surface area contributed by atoms with E-state index in [9.17, 15) is 9.90 Å². The summed E-state index contributed by atoms with van der Waals surface area (Å²) in [6.45, 7) is 5.71. The van der Waals surface area contributed by atoms with Crippen LogP contribution in [0.3, 0.4) is 0 Å². The van der Waals surface area contributed by atoms with Gasteiger partial charge in [-0.25, -0.2) is 0 Å². The second kappa shape index (κ2) is 5.88. The number of hydrogen-bond acceptors (Lipinski definition) is 3.